The highest BCUT2D eigenvalue weighted by atomic mass is 19.1. The fourth-order valence-corrected chi connectivity index (χ4v) is 3.28. The van der Waals surface area contributed by atoms with Crippen molar-refractivity contribution in [1.82, 2.24) is 4.90 Å². The molecule has 1 aliphatic heterocycles. The van der Waals surface area contributed by atoms with E-state index in [-0.39, 0.29) is 12.4 Å². The predicted molar refractivity (Wildman–Crippen MR) is 97.2 cm³/mol. The van der Waals surface area contributed by atoms with Gasteiger partial charge in [0, 0.05) is 37.4 Å². The molecule has 1 saturated heterocycles. The molecule has 1 heterocycles. The van der Waals surface area contributed by atoms with Crippen molar-refractivity contribution in [2.45, 2.75) is 31.5 Å². The SMILES string of the molecule is N#CC1(Nc2ccc(F)c(CN)c2)CCN(Cc2ccccc2)CC1. The summed E-state index contributed by atoms with van der Waals surface area (Å²) in [5.41, 5.74) is 7.45. The quantitative estimate of drug-likeness (QED) is 0.878. The molecule has 3 N–H and O–H groups in total. The number of likely N-dealkylation sites (tertiary alicyclic amines) is 1. The van der Waals surface area contributed by atoms with Gasteiger partial charge in [0.25, 0.3) is 0 Å². The molecule has 2 aromatic carbocycles. The molecule has 0 aliphatic carbocycles. The second-order valence-corrected chi connectivity index (χ2v) is 6.59. The number of hydrogen-bond donors (Lipinski definition) is 2. The fourth-order valence-electron chi connectivity index (χ4n) is 3.28. The zero-order valence-electron chi connectivity index (χ0n) is 14.2. The maximum Gasteiger partial charge on any atom is 0.127 e. The third-order valence-corrected chi connectivity index (χ3v) is 4.82. The van der Waals surface area contributed by atoms with Gasteiger partial charge in [0.05, 0.1) is 6.07 Å². The highest BCUT2D eigenvalue weighted by molar-refractivity contribution is 5.50. The summed E-state index contributed by atoms with van der Waals surface area (Å²) in [5.74, 6) is -0.309. The Morgan fingerprint density at radius 2 is 1.88 bits per heavy atom. The van der Waals surface area contributed by atoms with Crippen LogP contribution < -0.4 is 11.1 Å². The topological polar surface area (TPSA) is 65.1 Å². The minimum atomic E-state index is -0.614. The van der Waals surface area contributed by atoms with E-state index in [2.05, 4.69) is 28.4 Å². The first kappa shape index (κ1) is 17.4. The average Bonchev–Trinajstić information content (AvgIpc) is 2.66. The summed E-state index contributed by atoms with van der Waals surface area (Å²) < 4.78 is 13.6. The predicted octanol–water partition coefficient (Wildman–Crippen LogP) is 3.25. The molecule has 0 amide bonds. The van der Waals surface area contributed by atoms with Gasteiger partial charge >= 0.3 is 0 Å². The molecule has 3 rings (SSSR count). The Balaban J connectivity index is 1.64. The first-order chi connectivity index (χ1) is 12.1. The Hall–Kier alpha value is -2.42. The van der Waals surface area contributed by atoms with E-state index in [1.54, 1.807) is 12.1 Å². The normalized spacial score (nSPS) is 17.0. The second kappa shape index (κ2) is 7.64. The monoisotopic (exact) mass is 338 g/mol. The third-order valence-electron chi connectivity index (χ3n) is 4.82. The Kier molecular flexibility index (Phi) is 5.32. The average molecular weight is 338 g/mol. The van der Waals surface area contributed by atoms with Gasteiger partial charge in [-0.3, -0.25) is 4.90 Å². The molecule has 0 unspecified atom stereocenters. The van der Waals surface area contributed by atoms with E-state index in [0.29, 0.717) is 5.56 Å². The van der Waals surface area contributed by atoms with Crippen molar-refractivity contribution in [1.29, 1.82) is 5.26 Å². The fraction of sp³-hybridized carbons (Fsp3) is 0.350. The number of rotatable bonds is 5. The maximum atomic E-state index is 13.6. The molecule has 1 aliphatic rings. The zero-order chi connectivity index (χ0) is 17.7. The van der Waals surface area contributed by atoms with Crippen molar-refractivity contribution in [2.75, 3.05) is 18.4 Å². The molecule has 25 heavy (non-hydrogen) atoms. The molecule has 130 valence electrons. The highest BCUT2D eigenvalue weighted by Crippen LogP contribution is 2.28. The van der Waals surface area contributed by atoms with Crippen LogP contribution in [-0.2, 0) is 13.1 Å². The molecular formula is C20H23FN4. The molecule has 0 saturated carbocycles. The Morgan fingerprint density at radius 1 is 1.16 bits per heavy atom. The molecule has 2 aromatic rings. The van der Waals surface area contributed by atoms with Crippen molar-refractivity contribution in [3.05, 3.63) is 65.5 Å². The molecule has 0 atom stereocenters. The smallest absolute Gasteiger partial charge is 0.127 e. The van der Waals surface area contributed by atoms with E-state index in [1.807, 2.05) is 18.2 Å². The number of benzene rings is 2. The van der Waals surface area contributed by atoms with Crippen LogP contribution in [0.15, 0.2) is 48.5 Å². The lowest BCUT2D eigenvalue weighted by Gasteiger charge is -2.38. The Labute approximate surface area is 148 Å². The minimum absolute atomic E-state index is 0.145. The van der Waals surface area contributed by atoms with Crippen LogP contribution in [0.25, 0.3) is 0 Å². The lowest BCUT2D eigenvalue weighted by molar-refractivity contribution is 0.189. The molecule has 0 radical (unpaired) electrons. The molecule has 5 heteroatoms. The van der Waals surface area contributed by atoms with Gasteiger partial charge in [0.1, 0.15) is 11.4 Å². The van der Waals surface area contributed by atoms with E-state index >= 15 is 0 Å². The number of nitrogens with one attached hydrogen (secondary N) is 1. The maximum absolute atomic E-state index is 13.6. The molecule has 0 spiro atoms. The van der Waals surface area contributed by atoms with Crippen molar-refractivity contribution in [3.8, 4) is 6.07 Å². The summed E-state index contributed by atoms with van der Waals surface area (Å²) in [7, 11) is 0. The lowest BCUT2D eigenvalue weighted by Crippen LogP contribution is -2.48. The molecule has 0 bridgehead atoms. The van der Waals surface area contributed by atoms with Gasteiger partial charge in [0.2, 0.25) is 0 Å². The van der Waals surface area contributed by atoms with Crippen LogP contribution in [0.3, 0.4) is 0 Å². The van der Waals surface area contributed by atoms with Crippen LogP contribution in [0.5, 0.6) is 0 Å². The molecule has 1 fully saturated rings. The van der Waals surface area contributed by atoms with E-state index in [0.717, 1.165) is 38.2 Å². The largest absolute Gasteiger partial charge is 0.367 e. The Morgan fingerprint density at radius 3 is 2.52 bits per heavy atom. The third kappa shape index (κ3) is 4.16. The summed E-state index contributed by atoms with van der Waals surface area (Å²) in [4.78, 5) is 2.36. The van der Waals surface area contributed by atoms with E-state index in [1.165, 1.54) is 11.6 Å². The molecular weight excluding hydrogens is 315 g/mol. The summed E-state index contributed by atoms with van der Waals surface area (Å²) in [5, 5.41) is 13.1. The second-order valence-electron chi connectivity index (χ2n) is 6.59. The number of nitrogens with two attached hydrogens (primary N) is 1. The number of nitrogens with zero attached hydrogens (tertiary/aromatic N) is 2. The standard InChI is InChI=1S/C20H23FN4/c21-19-7-6-18(12-17(19)13-22)24-20(15-23)8-10-25(11-9-20)14-16-4-2-1-3-5-16/h1-7,12,24H,8-11,13-14,22H2. The number of nitriles is 1. The Bertz CT molecular complexity index is 746. The number of anilines is 1. The van der Waals surface area contributed by atoms with Crippen molar-refractivity contribution in [3.63, 3.8) is 0 Å². The number of hydrogen-bond acceptors (Lipinski definition) is 4. The van der Waals surface area contributed by atoms with Crippen LogP contribution >= 0.6 is 0 Å². The van der Waals surface area contributed by atoms with E-state index in [4.69, 9.17) is 5.73 Å². The summed E-state index contributed by atoms with van der Waals surface area (Å²) in [6, 6.07) is 17.6. The summed E-state index contributed by atoms with van der Waals surface area (Å²) in [6.07, 6.45) is 1.46. The number of halogens is 1. The molecule has 0 aromatic heterocycles. The van der Waals surface area contributed by atoms with Crippen molar-refractivity contribution in [2.24, 2.45) is 5.73 Å². The van der Waals surface area contributed by atoms with Crippen LogP contribution in [0.4, 0.5) is 10.1 Å². The van der Waals surface area contributed by atoms with Gasteiger partial charge in [-0.2, -0.15) is 5.26 Å². The minimum Gasteiger partial charge on any atom is -0.367 e. The van der Waals surface area contributed by atoms with E-state index < -0.39 is 5.54 Å². The first-order valence-corrected chi connectivity index (χ1v) is 8.58. The van der Waals surface area contributed by atoms with Crippen LogP contribution in [0, 0.1) is 17.1 Å². The van der Waals surface area contributed by atoms with Gasteiger partial charge < -0.3 is 11.1 Å². The van der Waals surface area contributed by atoms with Gasteiger partial charge in [-0.05, 0) is 36.6 Å². The van der Waals surface area contributed by atoms with Gasteiger partial charge in [-0.1, -0.05) is 30.3 Å². The molecule has 4 nitrogen and oxygen atoms in total. The van der Waals surface area contributed by atoms with E-state index in [9.17, 15) is 9.65 Å². The van der Waals surface area contributed by atoms with Gasteiger partial charge in [0.15, 0.2) is 0 Å². The first-order valence-electron chi connectivity index (χ1n) is 8.58. The number of piperidine rings is 1. The van der Waals surface area contributed by atoms with Crippen LogP contribution in [-0.4, -0.2) is 23.5 Å². The summed E-state index contributed by atoms with van der Waals surface area (Å²) in [6.45, 7) is 2.74. The zero-order valence-corrected chi connectivity index (χ0v) is 14.2. The van der Waals surface area contributed by atoms with Crippen molar-refractivity contribution >= 4 is 5.69 Å². The lowest BCUT2D eigenvalue weighted by atomic mass is 9.88. The van der Waals surface area contributed by atoms with Crippen LogP contribution in [0.2, 0.25) is 0 Å². The van der Waals surface area contributed by atoms with Gasteiger partial charge in [-0.15, -0.1) is 0 Å². The van der Waals surface area contributed by atoms with Crippen LogP contribution in [0.1, 0.15) is 24.0 Å². The highest BCUT2D eigenvalue weighted by Gasteiger charge is 2.34. The van der Waals surface area contributed by atoms with Gasteiger partial charge in [-0.25, -0.2) is 4.39 Å². The summed E-state index contributed by atoms with van der Waals surface area (Å²) >= 11 is 0. The van der Waals surface area contributed by atoms with Crippen molar-refractivity contribution < 1.29 is 4.39 Å².